The van der Waals surface area contributed by atoms with Crippen LogP contribution in [-0.2, 0) is 4.79 Å². The van der Waals surface area contributed by atoms with Gasteiger partial charge in [-0.05, 0) is 31.5 Å². The van der Waals surface area contributed by atoms with E-state index in [1.54, 1.807) is 23.1 Å². The third-order valence-corrected chi connectivity index (χ3v) is 3.03. The van der Waals surface area contributed by atoms with Gasteiger partial charge in [-0.25, -0.2) is 4.39 Å². The lowest BCUT2D eigenvalue weighted by atomic mass is 10.0. The van der Waals surface area contributed by atoms with Gasteiger partial charge in [-0.3, -0.25) is 4.79 Å². The Balaban J connectivity index is 2.21. The van der Waals surface area contributed by atoms with E-state index in [2.05, 4.69) is 5.32 Å². The summed E-state index contributed by atoms with van der Waals surface area (Å²) in [7, 11) is 0. The molecule has 0 bridgehead atoms. The summed E-state index contributed by atoms with van der Waals surface area (Å²) >= 11 is 0. The highest BCUT2D eigenvalue weighted by molar-refractivity contribution is 5.98. The molecule has 1 aromatic carbocycles. The molecule has 0 spiro atoms. The maximum atomic E-state index is 13.6. The van der Waals surface area contributed by atoms with E-state index >= 15 is 0 Å². The number of piperidine rings is 1. The number of anilines is 1. The van der Waals surface area contributed by atoms with E-state index in [9.17, 15) is 9.18 Å². The van der Waals surface area contributed by atoms with E-state index in [0.29, 0.717) is 12.2 Å². The smallest absolute Gasteiger partial charge is 0.244 e. The van der Waals surface area contributed by atoms with Gasteiger partial charge in [-0.15, -0.1) is 0 Å². The minimum Gasteiger partial charge on any atom is -0.308 e. The predicted octanol–water partition coefficient (Wildman–Crippen LogP) is 1.93. The average molecular weight is 236 g/mol. The van der Waals surface area contributed by atoms with Crippen LogP contribution < -0.4 is 10.2 Å². The number of hydrogen-bond donors (Lipinski definition) is 1. The second kappa shape index (κ2) is 5.27. The second-order valence-corrected chi connectivity index (χ2v) is 4.19. The number of carbonyl (C=O) groups excluding carboxylic acids is 1. The molecule has 0 radical (unpaired) electrons. The van der Waals surface area contributed by atoms with Gasteiger partial charge in [0.2, 0.25) is 5.91 Å². The zero-order valence-electron chi connectivity index (χ0n) is 9.95. The molecule has 0 saturated carbocycles. The van der Waals surface area contributed by atoms with Crippen LogP contribution >= 0.6 is 0 Å². The Morgan fingerprint density at radius 3 is 2.94 bits per heavy atom. The summed E-state index contributed by atoms with van der Waals surface area (Å²) in [6.45, 7) is 3.32. The molecule has 1 aliphatic heterocycles. The molecule has 1 heterocycles. The van der Waals surface area contributed by atoms with Crippen LogP contribution in [-0.4, -0.2) is 25.0 Å². The van der Waals surface area contributed by atoms with Crippen LogP contribution in [0.4, 0.5) is 10.1 Å². The topological polar surface area (TPSA) is 32.3 Å². The zero-order chi connectivity index (χ0) is 12.3. The summed E-state index contributed by atoms with van der Waals surface area (Å²) < 4.78 is 13.6. The number of nitrogens with one attached hydrogen (secondary N) is 1. The van der Waals surface area contributed by atoms with Gasteiger partial charge >= 0.3 is 0 Å². The molecule has 1 aliphatic rings. The molecular weight excluding hydrogens is 219 g/mol. The van der Waals surface area contributed by atoms with Crippen molar-refractivity contribution in [3.8, 4) is 0 Å². The number of halogens is 1. The fraction of sp³-hybridized carbons (Fsp3) is 0.462. The molecule has 92 valence electrons. The Morgan fingerprint density at radius 2 is 2.24 bits per heavy atom. The molecule has 3 nitrogen and oxygen atoms in total. The molecule has 1 fully saturated rings. The van der Waals surface area contributed by atoms with Crippen LogP contribution in [0.1, 0.15) is 19.8 Å². The first-order valence-corrected chi connectivity index (χ1v) is 6.03. The van der Waals surface area contributed by atoms with E-state index in [1.165, 1.54) is 6.07 Å². The van der Waals surface area contributed by atoms with Crippen LogP contribution in [0.2, 0.25) is 0 Å². The Kier molecular flexibility index (Phi) is 3.74. The molecule has 2 rings (SSSR count). The van der Waals surface area contributed by atoms with Crippen LogP contribution in [0.3, 0.4) is 0 Å². The monoisotopic (exact) mass is 236 g/mol. The normalized spacial score (nSPS) is 20.7. The zero-order valence-corrected chi connectivity index (χ0v) is 9.95. The largest absolute Gasteiger partial charge is 0.308 e. The summed E-state index contributed by atoms with van der Waals surface area (Å²) in [5.41, 5.74) is 0.389. The molecule has 1 unspecified atom stereocenters. The third kappa shape index (κ3) is 2.47. The quantitative estimate of drug-likeness (QED) is 0.869. The van der Waals surface area contributed by atoms with E-state index in [1.807, 2.05) is 6.92 Å². The fourth-order valence-corrected chi connectivity index (χ4v) is 2.22. The Morgan fingerprint density at radius 1 is 1.47 bits per heavy atom. The summed E-state index contributed by atoms with van der Waals surface area (Å²) in [6, 6.07) is 6.26. The number of nitrogens with zero attached hydrogens (tertiary/aromatic N) is 1. The number of likely N-dealkylation sites (N-methyl/N-ethyl adjacent to an activating group) is 1. The molecule has 1 N–H and O–H groups in total. The second-order valence-electron chi connectivity index (χ2n) is 4.19. The number of rotatable bonds is 3. The first-order chi connectivity index (χ1) is 8.24. The standard InChI is InChI=1S/C13H17FN2O/c1-2-15-11-7-5-9-16(13(11)17)12-8-4-3-6-10(12)14/h3-4,6,8,11,15H,2,5,7,9H2,1H3. The third-order valence-electron chi connectivity index (χ3n) is 3.03. The van der Waals surface area contributed by atoms with Crippen LogP contribution in [0.25, 0.3) is 0 Å². The highest BCUT2D eigenvalue weighted by Gasteiger charge is 2.29. The van der Waals surface area contributed by atoms with Crippen molar-refractivity contribution in [2.75, 3.05) is 18.0 Å². The van der Waals surface area contributed by atoms with Gasteiger partial charge in [0.25, 0.3) is 0 Å². The maximum absolute atomic E-state index is 13.6. The fourth-order valence-electron chi connectivity index (χ4n) is 2.22. The van der Waals surface area contributed by atoms with Gasteiger partial charge in [0.1, 0.15) is 5.82 Å². The molecule has 1 aromatic rings. The van der Waals surface area contributed by atoms with Crippen molar-refractivity contribution < 1.29 is 9.18 Å². The summed E-state index contributed by atoms with van der Waals surface area (Å²) in [6.07, 6.45) is 1.73. The van der Waals surface area contributed by atoms with Crippen molar-refractivity contribution in [2.45, 2.75) is 25.8 Å². The van der Waals surface area contributed by atoms with E-state index in [-0.39, 0.29) is 17.8 Å². The van der Waals surface area contributed by atoms with Gasteiger partial charge in [0.05, 0.1) is 11.7 Å². The van der Waals surface area contributed by atoms with Crippen molar-refractivity contribution in [3.63, 3.8) is 0 Å². The minimum atomic E-state index is -0.335. The lowest BCUT2D eigenvalue weighted by molar-refractivity contribution is -0.121. The number of carbonyl (C=O) groups is 1. The van der Waals surface area contributed by atoms with Crippen LogP contribution in [0, 0.1) is 5.82 Å². The Hall–Kier alpha value is -1.42. The van der Waals surface area contributed by atoms with Gasteiger partial charge in [0, 0.05) is 6.54 Å². The molecule has 4 heteroatoms. The van der Waals surface area contributed by atoms with E-state index in [0.717, 1.165) is 19.4 Å². The molecule has 1 saturated heterocycles. The SMILES string of the molecule is CCNC1CCCN(c2ccccc2F)C1=O. The van der Waals surface area contributed by atoms with E-state index < -0.39 is 0 Å². The Labute approximate surface area is 101 Å². The highest BCUT2D eigenvalue weighted by atomic mass is 19.1. The lowest BCUT2D eigenvalue weighted by Crippen LogP contribution is -2.51. The van der Waals surface area contributed by atoms with Gasteiger partial charge in [-0.2, -0.15) is 0 Å². The first-order valence-electron chi connectivity index (χ1n) is 6.03. The minimum absolute atomic E-state index is 0.0248. The Bertz CT molecular complexity index is 406. The lowest BCUT2D eigenvalue weighted by Gasteiger charge is -2.32. The molecule has 1 atom stereocenters. The highest BCUT2D eigenvalue weighted by Crippen LogP contribution is 2.23. The average Bonchev–Trinajstić information content (AvgIpc) is 2.33. The number of hydrogen-bond acceptors (Lipinski definition) is 2. The van der Waals surface area contributed by atoms with Crippen LogP contribution in [0.15, 0.2) is 24.3 Å². The molecule has 17 heavy (non-hydrogen) atoms. The molecule has 0 aromatic heterocycles. The van der Waals surface area contributed by atoms with Crippen molar-refractivity contribution in [1.29, 1.82) is 0 Å². The molecule has 0 aliphatic carbocycles. The summed E-state index contributed by atoms with van der Waals surface area (Å²) in [5, 5.41) is 3.14. The van der Waals surface area contributed by atoms with Gasteiger partial charge in [0.15, 0.2) is 0 Å². The summed E-state index contributed by atoms with van der Waals surface area (Å²) in [4.78, 5) is 13.7. The van der Waals surface area contributed by atoms with Gasteiger partial charge in [-0.1, -0.05) is 19.1 Å². The van der Waals surface area contributed by atoms with Crippen molar-refractivity contribution in [1.82, 2.24) is 5.32 Å². The predicted molar refractivity (Wildman–Crippen MR) is 65.5 cm³/mol. The van der Waals surface area contributed by atoms with Crippen molar-refractivity contribution in [3.05, 3.63) is 30.1 Å². The van der Waals surface area contributed by atoms with E-state index in [4.69, 9.17) is 0 Å². The van der Waals surface area contributed by atoms with Crippen LogP contribution in [0.5, 0.6) is 0 Å². The first kappa shape index (κ1) is 12.0. The number of amides is 1. The van der Waals surface area contributed by atoms with Gasteiger partial charge < -0.3 is 10.2 Å². The number of benzene rings is 1. The number of para-hydroxylation sites is 1. The van der Waals surface area contributed by atoms with Crippen molar-refractivity contribution >= 4 is 11.6 Å². The maximum Gasteiger partial charge on any atom is 0.244 e. The molecule has 1 amide bonds. The molecular formula is C13H17FN2O. The van der Waals surface area contributed by atoms with Crippen molar-refractivity contribution in [2.24, 2.45) is 0 Å². The summed E-state index contributed by atoms with van der Waals surface area (Å²) in [5.74, 6) is -0.360.